The summed E-state index contributed by atoms with van der Waals surface area (Å²) in [4.78, 5) is 0. The number of benzene rings is 1. The van der Waals surface area contributed by atoms with Gasteiger partial charge in [0.2, 0.25) is 0 Å². The Hall–Kier alpha value is -1.32. The summed E-state index contributed by atoms with van der Waals surface area (Å²) in [5.41, 5.74) is 1.12. The molecule has 0 fully saturated rings. The van der Waals surface area contributed by atoms with Crippen molar-refractivity contribution in [3.05, 3.63) is 42.5 Å². The lowest BCUT2D eigenvalue weighted by atomic mass is 10.1. The summed E-state index contributed by atoms with van der Waals surface area (Å²) in [5, 5.41) is 8.73. The average Bonchev–Trinajstić information content (AvgIpc) is 2.43. The molecular formula is C15H22O3. The highest BCUT2D eigenvalue weighted by molar-refractivity contribution is 5.26. The van der Waals surface area contributed by atoms with Crippen LogP contribution in [0.4, 0.5) is 0 Å². The Morgan fingerprint density at radius 2 is 2.00 bits per heavy atom. The number of aliphatic hydroxyl groups excluding tert-OH is 1. The van der Waals surface area contributed by atoms with E-state index in [2.05, 4.69) is 6.58 Å². The van der Waals surface area contributed by atoms with Crippen molar-refractivity contribution >= 4 is 0 Å². The lowest BCUT2D eigenvalue weighted by Gasteiger charge is -2.13. The number of methoxy groups -OCH3 is 1. The van der Waals surface area contributed by atoms with E-state index in [0.29, 0.717) is 6.61 Å². The molecule has 3 heteroatoms. The number of ether oxygens (including phenoxy) is 2. The Morgan fingerprint density at radius 3 is 2.56 bits per heavy atom. The molecule has 0 radical (unpaired) electrons. The predicted molar refractivity (Wildman–Crippen MR) is 72.7 cm³/mol. The molecule has 0 unspecified atom stereocenters. The number of hydrogen-bond acceptors (Lipinski definition) is 3. The first-order valence-electron chi connectivity index (χ1n) is 6.28. The van der Waals surface area contributed by atoms with Crippen LogP contribution in [0.1, 0.15) is 24.8 Å². The van der Waals surface area contributed by atoms with Crippen molar-refractivity contribution in [1.29, 1.82) is 0 Å². The van der Waals surface area contributed by atoms with E-state index in [9.17, 15) is 0 Å². The highest BCUT2D eigenvalue weighted by Crippen LogP contribution is 2.14. The van der Waals surface area contributed by atoms with E-state index >= 15 is 0 Å². The van der Waals surface area contributed by atoms with Crippen LogP contribution in [0, 0.1) is 0 Å². The maximum absolute atomic E-state index is 8.73. The Morgan fingerprint density at radius 1 is 1.28 bits per heavy atom. The molecule has 1 rings (SSSR count). The predicted octanol–water partition coefficient (Wildman–Crippen LogP) is 2.93. The van der Waals surface area contributed by atoms with Crippen molar-refractivity contribution in [3.63, 3.8) is 0 Å². The monoisotopic (exact) mass is 250 g/mol. The SMILES string of the molecule is C=C[C@H](CCCCO)OCc1ccc(OC)cc1. The summed E-state index contributed by atoms with van der Waals surface area (Å²) in [6.07, 6.45) is 4.55. The van der Waals surface area contributed by atoms with Gasteiger partial charge in [-0.1, -0.05) is 18.2 Å². The number of unbranched alkanes of at least 4 members (excludes halogenated alkanes) is 1. The standard InChI is InChI=1S/C15H22O3/c1-3-14(6-4-5-11-16)18-12-13-7-9-15(17-2)10-8-13/h3,7-10,14,16H,1,4-6,11-12H2,2H3/t14-/m1/s1. The first-order valence-corrected chi connectivity index (χ1v) is 6.28. The second kappa shape index (κ2) is 8.72. The molecule has 1 aromatic carbocycles. The molecule has 18 heavy (non-hydrogen) atoms. The molecule has 1 atom stereocenters. The minimum atomic E-state index is 0.0543. The minimum Gasteiger partial charge on any atom is -0.497 e. The topological polar surface area (TPSA) is 38.7 Å². The van der Waals surface area contributed by atoms with Gasteiger partial charge in [0.25, 0.3) is 0 Å². The molecule has 0 bridgehead atoms. The van der Waals surface area contributed by atoms with E-state index in [1.54, 1.807) is 7.11 Å². The Kier molecular flexibility index (Phi) is 7.14. The van der Waals surface area contributed by atoms with Crippen LogP contribution in [0.3, 0.4) is 0 Å². The zero-order valence-corrected chi connectivity index (χ0v) is 11.0. The number of aliphatic hydroxyl groups is 1. The quantitative estimate of drug-likeness (QED) is 0.541. The van der Waals surface area contributed by atoms with Gasteiger partial charge < -0.3 is 14.6 Å². The molecule has 0 saturated carbocycles. The van der Waals surface area contributed by atoms with Crippen LogP contribution in [-0.2, 0) is 11.3 Å². The van der Waals surface area contributed by atoms with Crippen LogP contribution in [0.25, 0.3) is 0 Å². The lowest BCUT2D eigenvalue weighted by Crippen LogP contribution is -2.09. The van der Waals surface area contributed by atoms with Crippen LogP contribution >= 0.6 is 0 Å². The van der Waals surface area contributed by atoms with Crippen LogP contribution in [0.5, 0.6) is 5.75 Å². The van der Waals surface area contributed by atoms with Gasteiger partial charge in [-0.15, -0.1) is 6.58 Å². The molecule has 0 amide bonds. The minimum absolute atomic E-state index is 0.0543. The molecule has 0 saturated heterocycles. The summed E-state index contributed by atoms with van der Waals surface area (Å²) in [7, 11) is 1.65. The fourth-order valence-electron chi connectivity index (χ4n) is 1.65. The van der Waals surface area contributed by atoms with Crippen molar-refractivity contribution in [2.75, 3.05) is 13.7 Å². The van der Waals surface area contributed by atoms with Gasteiger partial charge in [0.05, 0.1) is 19.8 Å². The molecule has 0 aromatic heterocycles. The van der Waals surface area contributed by atoms with E-state index in [-0.39, 0.29) is 12.7 Å². The van der Waals surface area contributed by atoms with E-state index in [1.807, 2.05) is 30.3 Å². The molecular weight excluding hydrogens is 228 g/mol. The number of hydrogen-bond donors (Lipinski definition) is 1. The molecule has 0 spiro atoms. The van der Waals surface area contributed by atoms with Crippen LogP contribution in [0.2, 0.25) is 0 Å². The van der Waals surface area contributed by atoms with Gasteiger partial charge >= 0.3 is 0 Å². The van der Waals surface area contributed by atoms with Crippen molar-refractivity contribution in [2.45, 2.75) is 32.0 Å². The van der Waals surface area contributed by atoms with E-state index < -0.39 is 0 Å². The average molecular weight is 250 g/mol. The maximum atomic E-state index is 8.73. The second-order valence-electron chi connectivity index (χ2n) is 4.15. The zero-order valence-electron chi connectivity index (χ0n) is 11.0. The lowest BCUT2D eigenvalue weighted by molar-refractivity contribution is 0.0641. The first-order chi connectivity index (χ1) is 8.80. The van der Waals surface area contributed by atoms with Crippen molar-refractivity contribution in [3.8, 4) is 5.75 Å². The van der Waals surface area contributed by atoms with Crippen LogP contribution < -0.4 is 4.74 Å². The fraction of sp³-hybridized carbons (Fsp3) is 0.467. The first kappa shape index (κ1) is 14.7. The smallest absolute Gasteiger partial charge is 0.118 e. The summed E-state index contributed by atoms with van der Waals surface area (Å²) in [6.45, 7) is 4.58. The Labute approximate surface area is 109 Å². The molecule has 0 heterocycles. The largest absolute Gasteiger partial charge is 0.497 e. The van der Waals surface area contributed by atoms with Gasteiger partial charge in [-0.25, -0.2) is 0 Å². The van der Waals surface area contributed by atoms with Gasteiger partial charge in [-0.2, -0.15) is 0 Å². The molecule has 1 N–H and O–H groups in total. The van der Waals surface area contributed by atoms with E-state index in [1.165, 1.54) is 0 Å². The molecule has 0 aliphatic heterocycles. The highest BCUT2D eigenvalue weighted by atomic mass is 16.5. The van der Waals surface area contributed by atoms with Gasteiger partial charge in [0.15, 0.2) is 0 Å². The fourth-order valence-corrected chi connectivity index (χ4v) is 1.65. The highest BCUT2D eigenvalue weighted by Gasteiger charge is 2.04. The third-order valence-corrected chi connectivity index (χ3v) is 2.78. The molecule has 100 valence electrons. The second-order valence-corrected chi connectivity index (χ2v) is 4.15. The summed E-state index contributed by atoms with van der Waals surface area (Å²) in [6, 6.07) is 7.83. The molecule has 3 nitrogen and oxygen atoms in total. The van der Waals surface area contributed by atoms with Gasteiger partial charge in [-0.05, 0) is 37.0 Å². The Bertz CT molecular complexity index is 332. The van der Waals surface area contributed by atoms with Gasteiger partial charge in [0.1, 0.15) is 5.75 Å². The van der Waals surface area contributed by atoms with Crippen molar-refractivity contribution < 1.29 is 14.6 Å². The summed E-state index contributed by atoms with van der Waals surface area (Å²) < 4.78 is 10.9. The maximum Gasteiger partial charge on any atom is 0.118 e. The molecule has 0 aliphatic carbocycles. The number of rotatable bonds is 9. The van der Waals surface area contributed by atoms with Crippen molar-refractivity contribution in [1.82, 2.24) is 0 Å². The van der Waals surface area contributed by atoms with Gasteiger partial charge in [0, 0.05) is 6.61 Å². The summed E-state index contributed by atoms with van der Waals surface area (Å²) >= 11 is 0. The van der Waals surface area contributed by atoms with Gasteiger partial charge in [-0.3, -0.25) is 0 Å². The van der Waals surface area contributed by atoms with Crippen LogP contribution in [0.15, 0.2) is 36.9 Å². The Balaban J connectivity index is 2.34. The third kappa shape index (κ3) is 5.34. The zero-order chi connectivity index (χ0) is 13.2. The molecule has 1 aromatic rings. The third-order valence-electron chi connectivity index (χ3n) is 2.78. The van der Waals surface area contributed by atoms with Crippen LogP contribution in [-0.4, -0.2) is 24.9 Å². The van der Waals surface area contributed by atoms with Crippen molar-refractivity contribution in [2.24, 2.45) is 0 Å². The molecule has 0 aliphatic rings. The summed E-state index contributed by atoms with van der Waals surface area (Å²) in [5.74, 6) is 0.849. The van der Waals surface area contributed by atoms with E-state index in [0.717, 1.165) is 30.6 Å². The van der Waals surface area contributed by atoms with E-state index in [4.69, 9.17) is 14.6 Å². The normalized spacial score (nSPS) is 12.1.